The first kappa shape index (κ1) is 8.94. The van der Waals surface area contributed by atoms with Crippen molar-refractivity contribution in [1.82, 2.24) is 9.97 Å². The topological polar surface area (TPSA) is 25.8 Å². The first-order chi connectivity index (χ1) is 5.18. The maximum atomic E-state index is 5.61. The van der Waals surface area contributed by atoms with Gasteiger partial charge in [-0.05, 0) is 0 Å². The molecule has 4 heteroatoms. The molecule has 1 aromatic heterocycles. The van der Waals surface area contributed by atoms with E-state index in [-0.39, 0.29) is 0 Å². The van der Waals surface area contributed by atoms with Crippen LogP contribution in [0.2, 0.25) is 5.02 Å². The van der Waals surface area contributed by atoms with Crippen LogP contribution in [0.25, 0.3) is 0 Å². The molecule has 0 radical (unpaired) electrons. The lowest BCUT2D eigenvalue weighted by Crippen LogP contribution is -2.01. The molecule has 0 saturated heterocycles. The molecule has 1 unspecified atom stereocenters. The van der Waals surface area contributed by atoms with E-state index in [4.69, 9.17) is 11.6 Å². The van der Waals surface area contributed by atoms with E-state index >= 15 is 0 Å². The van der Waals surface area contributed by atoms with Gasteiger partial charge in [0.2, 0.25) is 0 Å². The Balaban J connectivity index is 2.66. The second-order valence-electron chi connectivity index (χ2n) is 2.30. The fraction of sp³-hybridized carbons (Fsp3) is 0.429. The first-order valence-corrected chi connectivity index (χ1v) is 4.58. The fourth-order valence-electron chi connectivity index (χ4n) is 0.696. The summed E-state index contributed by atoms with van der Waals surface area (Å²) in [7, 11) is 0. The van der Waals surface area contributed by atoms with Crippen molar-refractivity contribution in [2.24, 2.45) is 0 Å². The Hall–Kier alpha value is -0.150. The molecule has 0 saturated carbocycles. The van der Waals surface area contributed by atoms with E-state index in [9.17, 15) is 0 Å². The third-order valence-corrected chi connectivity index (χ3v) is 1.66. The largest absolute Gasteiger partial charge is 0.240 e. The van der Waals surface area contributed by atoms with Gasteiger partial charge in [-0.2, -0.15) is 0 Å². The summed E-state index contributed by atoms with van der Waals surface area (Å²) in [6.07, 6.45) is 4.05. The van der Waals surface area contributed by atoms with Crippen molar-refractivity contribution in [3.05, 3.63) is 23.2 Å². The predicted molar refractivity (Wildman–Crippen MR) is 49.1 cm³/mol. The monoisotopic (exact) mass is 234 g/mol. The number of alkyl halides is 1. The molecule has 1 rings (SSSR count). The molecular weight excluding hydrogens is 227 g/mol. The van der Waals surface area contributed by atoms with Crippen LogP contribution in [-0.2, 0) is 6.42 Å². The summed E-state index contributed by atoms with van der Waals surface area (Å²) in [5, 5.41) is 0.580. The minimum Gasteiger partial charge on any atom is -0.240 e. The number of hydrogen-bond donors (Lipinski definition) is 0. The van der Waals surface area contributed by atoms with Crippen LogP contribution >= 0.6 is 27.5 Å². The molecule has 1 aromatic rings. The molecule has 0 aliphatic rings. The zero-order chi connectivity index (χ0) is 8.27. The summed E-state index contributed by atoms with van der Waals surface area (Å²) in [5.41, 5.74) is 0. The lowest BCUT2D eigenvalue weighted by atomic mass is 10.3. The maximum Gasteiger partial charge on any atom is 0.129 e. The molecule has 1 atom stereocenters. The minimum absolute atomic E-state index is 0.406. The summed E-state index contributed by atoms with van der Waals surface area (Å²) < 4.78 is 0. The SMILES string of the molecule is CC(Br)Cc1ncc(Cl)cn1. The van der Waals surface area contributed by atoms with E-state index in [1.165, 1.54) is 0 Å². The third kappa shape index (κ3) is 3.16. The molecule has 0 amide bonds. The summed E-state index contributed by atoms with van der Waals surface area (Å²) >= 11 is 9.03. The maximum absolute atomic E-state index is 5.61. The van der Waals surface area contributed by atoms with E-state index in [0.29, 0.717) is 9.85 Å². The van der Waals surface area contributed by atoms with Crippen molar-refractivity contribution in [3.63, 3.8) is 0 Å². The fourth-order valence-corrected chi connectivity index (χ4v) is 1.08. The Morgan fingerprint density at radius 1 is 1.55 bits per heavy atom. The highest BCUT2D eigenvalue weighted by molar-refractivity contribution is 9.09. The molecule has 0 aliphatic heterocycles. The lowest BCUT2D eigenvalue weighted by molar-refractivity contribution is 0.859. The first-order valence-electron chi connectivity index (χ1n) is 3.29. The highest BCUT2D eigenvalue weighted by Gasteiger charge is 2.00. The normalized spacial score (nSPS) is 13.0. The molecule has 11 heavy (non-hydrogen) atoms. The summed E-state index contributed by atoms with van der Waals surface area (Å²) in [4.78, 5) is 8.50. The van der Waals surface area contributed by atoms with E-state index in [2.05, 4.69) is 32.8 Å². The van der Waals surface area contributed by atoms with Gasteiger partial charge in [-0.1, -0.05) is 34.5 Å². The molecular formula is C7H8BrClN2. The van der Waals surface area contributed by atoms with Crippen LogP contribution in [0.4, 0.5) is 0 Å². The molecule has 0 aromatic carbocycles. The standard InChI is InChI=1S/C7H8BrClN2/c1-5(8)2-7-10-3-6(9)4-11-7/h3-5H,2H2,1H3. The zero-order valence-corrected chi connectivity index (χ0v) is 8.43. The van der Waals surface area contributed by atoms with Gasteiger partial charge in [-0.15, -0.1) is 0 Å². The average Bonchev–Trinajstić information content (AvgIpc) is 1.93. The van der Waals surface area contributed by atoms with Gasteiger partial charge >= 0.3 is 0 Å². The molecule has 2 nitrogen and oxygen atoms in total. The Morgan fingerprint density at radius 2 is 2.09 bits per heavy atom. The highest BCUT2D eigenvalue weighted by atomic mass is 79.9. The third-order valence-electron chi connectivity index (χ3n) is 1.14. The average molecular weight is 236 g/mol. The predicted octanol–water partition coefficient (Wildman–Crippen LogP) is 2.46. The number of hydrogen-bond acceptors (Lipinski definition) is 2. The minimum atomic E-state index is 0.406. The van der Waals surface area contributed by atoms with E-state index in [1.54, 1.807) is 12.4 Å². The lowest BCUT2D eigenvalue weighted by Gasteiger charge is -1.99. The van der Waals surface area contributed by atoms with Crippen molar-refractivity contribution in [2.45, 2.75) is 18.2 Å². The van der Waals surface area contributed by atoms with E-state index in [1.807, 2.05) is 0 Å². The van der Waals surface area contributed by atoms with Crippen LogP contribution in [0.1, 0.15) is 12.7 Å². The van der Waals surface area contributed by atoms with E-state index < -0.39 is 0 Å². The van der Waals surface area contributed by atoms with Crippen molar-refractivity contribution >= 4 is 27.5 Å². The van der Waals surface area contributed by atoms with Crippen molar-refractivity contribution in [1.29, 1.82) is 0 Å². The van der Waals surface area contributed by atoms with Crippen LogP contribution in [0, 0.1) is 0 Å². The Kier molecular flexibility index (Phi) is 3.27. The van der Waals surface area contributed by atoms with Gasteiger partial charge in [-0.3, -0.25) is 0 Å². The molecule has 0 bridgehead atoms. The summed E-state index contributed by atoms with van der Waals surface area (Å²) in [5.74, 6) is 0.818. The van der Waals surface area contributed by atoms with Gasteiger partial charge in [0.05, 0.1) is 5.02 Å². The van der Waals surface area contributed by atoms with Gasteiger partial charge in [0.15, 0.2) is 0 Å². The molecule has 0 N–H and O–H groups in total. The van der Waals surface area contributed by atoms with Gasteiger partial charge in [-0.25, -0.2) is 9.97 Å². The second-order valence-corrected chi connectivity index (χ2v) is 4.30. The number of aromatic nitrogens is 2. The van der Waals surface area contributed by atoms with E-state index in [0.717, 1.165) is 12.2 Å². The smallest absolute Gasteiger partial charge is 0.129 e. The van der Waals surface area contributed by atoms with Crippen LogP contribution in [0.15, 0.2) is 12.4 Å². The van der Waals surface area contributed by atoms with Crippen molar-refractivity contribution in [3.8, 4) is 0 Å². The number of nitrogens with zero attached hydrogens (tertiary/aromatic N) is 2. The molecule has 0 spiro atoms. The summed E-state index contributed by atoms with van der Waals surface area (Å²) in [6, 6.07) is 0. The Bertz CT molecular complexity index is 222. The quantitative estimate of drug-likeness (QED) is 0.736. The van der Waals surface area contributed by atoms with Crippen LogP contribution < -0.4 is 0 Å². The Labute approximate surface area is 79.1 Å². The van der Waals surface area contributed by atoms with Crippen molar-refractivity contribution < 1.29 is 0 Å². The van der Waals surface area contributed by atoms with Crippen LogP contribution in [0.5, 0.6) is 0 Å². The molecule has 0 aliphatic carbocycles. The summed E-state index contributed by atoms with van der Waals surface area (Å²) in [6.45, 7) is 2.05. The number of rotatable bonds is 2. The molecule has 0 fully saturated rings. The zero-order valence-electron chi connectivity index (χ0n) is 6.09. The van der Waals surface area contributed by atoms with Crippen LogP contribution in [0.3, 0.4) is 0 Å². The Morgan fingerprint density at radius 3 is 2.55 bits per heavy atom. The highest BCUT2D eigenvalue weighted by Crippen LogP contribution is 2.07. The second kappa shape index (κ2) is 4.02. The van der Waals surface area contributed by atoms with Gasteiger partial charge < -0.3 is 0 Å². The van der Waals surface area contributed by atoms with Gasteiger partial charge in [0.1, 0.15) is 5.82 Å². The number of halogens is 2. The van der Waals surface area contributed by atoms with Gasteiger partial charge in [0.25, 0.3) is 0 Å². The van der Waals surface area contributed by atoms with Crippen molar-refractivity contribution in [2.75, 3.05) is 0 Å². The molecule has 1 heterocycles. The molecule has 60 valence electrons. The van der Waals surface area contributed by atoms with Crippen LogP contribution in [-0.4, -0.2) is 14.8 Å². The van der Waals surface area contributed by atoms with Gasteiger partial charge in [0, 0.05) is 23.6 Å².